The molecule has 1 saturated heterocycles. The van der Waals surface area contributed by atoms with Gasteiger partial charge in [0.1, 0.15) is 13.2 Å². The van der Waals surface area contributed by atoms with Gasteiger partial charge in [0.15, 0.2) is 11.5 Å². The summed E-state index contributed by atoms with van der Waals surface area (Å²) in [5.74, 6) is 1.79. The van der Waals surface area contributed by atoms with E-state index >= 15 is 0 Å². The molecule has 1 fully saturated rings. The SMILES string of the molecule is CCC(Cc1ccc2c(c1)OCCO2)N1CCNCC1. The summed E-state index contributed by atoms with van der Waals surface area (Å²) in [4.78, 5) is 2.60. The van der Waals surface area contributed by atoms with Crippen LogP contribution < -0.4 is 14.8 Å². The lowest BCUT2D eigenvalue weighted by Gasteiger charge is -2.34. The van der Waals surface area contributed by atoms with Gasteiger partial charge in [0.05, 0.1) is 0 Å². The van der Waals surface area contributed by atoms with Crippen LogP contribution in [-0.2, 0) is 6.42 Å². The van der Waals surface area contributed by atoms with Gasteiger partial charge < -0.3 is 14.8 Å². The van der Waals surface area contributed by atoms with Gasteiger partial charge in [-0.3, -0.25) is 4.90 Å². The molecular weight excluding hydrogens is 252 g/mol. The van der Waals surface area contributed by atoms with E-state index in [0.29, 0.717) is 19.3 Å². The van der Waals surface area contributed by atoms with Crippen molar-refractivity contribution in [2.45, 2.75) is 25.8 Å². The first kappa shape index (κ1) is 13.7. The fourth-order valence-electron chi connectivity index (χ4n) is 3.07. The quantitative estimate of drug-likeness (QED) is 0.907. The van der Waals surface area contributed by atoms with Crippen LogP contribution in [0, 0.1) is 0 Å². The van der Waals surface area contributed by atoms with E-state index in [1.807, 2.05) is 6.07 Å². The first-order valence-corrected chi connectivity index (χ1v) is 7.70. The van der Waals surface area contributed by atoms with E-state index in [1.165, 1.54) is 12.0 Å². The summed E-state index contributed by atoms with van der Waals surface area (Å²) >= 11 is 0. The van der Waals surface area contributed by atoms with Crippen molar-refractivity contribution in [3.8, 4) is 11.5 Å². The monoisotopic (exact) mass is 276 g/mol. The fraction of sp³-hybridized carbons (Fsp3) is 0.625. The predicted octanol–water partition coefficient (Wildman–Crippen LogP) is 1.68. The van der Waals surface area contributed by atoms with Crippen LogP contribution in [-0.4, -0.2) is 50.3 Å². The topological polar surface area (TPSA) is 33.7 Å². The molecule has 4 nitrogen and oxygen atoms in total. The Hall–Kier alpha value is -1.26. The molecule has 1 aromatic carbocycles. The normalized spacial score (nSPS) is 20.6. The van der Waals surface area contributed by atoms with Crippen LogP contribution in [0.1, 0.15) is 18.9 Å². The average Bonchev–Trinajstić information content (AvgIpc) is 2.53. The zero-order valence-electron chi connectivity index (χ0n) is 12.2. The molecule has 2 aliphatic rings. The number of nitrogens with zero attached hydrogens (tertiary/aromatic N) is 1. The highest BCUT2D eigenvalue weighted by Gasteiger charge is 2.20. The number of hydrogen-bond acceptors (Lipinski definition) is 4. The zero-order valence-corrected chi connectivity index (χ0v) is 12.2. The lowest BCUT2D eigenvalue weighted by atomic mass is 10.0. The molecule has 0 bridgehead atoms. The zero-order chi connectivity index (χ0) is 13.8. The molecule has 1 atom stereocenters. The van der Waals surface area contributed by atoms with Crippen LogP contribution >= 0.6 is 0 Å². The first-order valence-electron chi connectivity index (χ1n) is 7.70. The van der Waals surface area contributed by atoms with Crippen molar-refractivity contribution in [3.63, 3.8) is 0 Å². The largest absolute Gasteiger partial charge is 0.486 e. The minimum atomic E-state index is 0.625. The Morgan fingerprint density at radius 2 is 1.90 bits per heavy atom. The van der Waals surface area contributed by atoms with Crippen LogP contribution in [0.25, 0.3) is 0 Å². The molecule has 0 aliphatic carbocycles. The Balaban J connectivity index is 1.68. The van der Waals surface area contributed by atoms with Gasteiger partial charge in [-0.25, -0.2) is 0 Å². The Morgan fingerprint density at radius 3 is 2.65 bits per heavy atom. The molecule has 0 radical (unpaired) electrons. The van der Waals surface area contributed by atoms with E-state index in [2.05, 4.69) is 29.3 Å². The van der Waals surface area contributed by atoms with Crippen LogP contribution in [0.3, 0.4) is 0 Å². The summed E-state index contributed by atoms with van der Waals surface area (Å²) in [5, 5.41) is 3.42. The van der Waals surface area contributed by atoms with E-state index in [-0.39, 0.29) is 0 Å². The summed E-state index contributed by atoms with van der Waals surface area (Å²) in [6, 6.07) is 7.01. The van der Waals surface area contributed by atoms with Crippen molar-refractivity contribution in [1.29, 1.82) is 0 Å². The minimum absolute atomic E-state index is 0.625. The number of piperazine rings is 1. The summed E-state index contributed by atoms with van der Waals surface area (Å²) in [6.07, 6.45) is 2.28. The molecule has 4 heteroatoms. The Kier molecular flexibility index (Phi) is 4.43. The highest BCUT2D eigenvalue weighted by molar-refractivity contribution is 5.44. The summed E-state index contributed by atoms with van der Waals surface area (Å²) < 4.78 is 11.3. The highest BCUT2D eigenvalue weighted by atomic mass is 16.6. The van der Waals surface area contributed by atoms with E-state index < -0.39 is 0 Å². The number of benzene rings is 1. The third kappa shape index (κ3) is 3.07. The highest BCUT2D eigenvalue weighted by Crippen LogP contribution is 2.31. The van der Waals surface area contributed by atoms with Crippen LogP contribution in [0.4, 0.5) is 0 Å². The molecule has 0 amide bonds. The molecule has 1 aromatic rings. The standard InChI is InChI=1S/C16H24N2O2/c1-2-14(18-7-5-17-6-8-18)11-13-3-4-15-16(12-13)20-10-9-19-15/h3-4,12,14,17H,2,5-11H2,1H3. The average molecular weight is 276 g/mol. The van der Waals surface area contributed by atoms with Gasteiger partial charge in [-0.2, -0.15) is 0 Å². The Morgan fingerprint density at radius 1 is 1.15 bits per heavy atom. The summed E-state index contributed by atoms with van der Waals surface area (Å²) in [6.45, 7) is 8.13. The van der Waals surface area contributed by atoms with Crippen LogP contribution in [0.15, 0.2) is 18.2 Å². The molecule has 0 aromatic heterocycles. The smallest absolute Gasteiger partial charge is 0.161 e. The molecule has 110 valence electrons. The minimum Gasteiger partial charge on any atom is -0.486 e. The van der Waals surface area contributed by atoms with E-state index in [1.54, 1.807) is 0 Å². The van der Waals surface area contributed by atoms with Gasteiger partial charge in [0, 0.05) is 32.2 Å². The molecule has 0 spiro atoms. The van der Waals surface area contributed by atoms with Gasteiger partial charge in [-0.05, 0) is 30.5 Å². The van der Waals surface area contributed by atoms with Crippen molar-refractivity contribution < 1.29 is 9.47 Å². The van der Waals surface area contributed by atoms with Crippen molar-refractivity contribution >= 4 is 0 Å². The van der Waals surface area contributed by atoms with Crippen molar-refractivity contribution in [2.24, 2.45) is 0 Å². The van der Waals surface area contributed by atoms with Crippen LogP contribution in [0.2, 0.25) is 0 Å². The van der Waals surface area contributed by atoms with Gasteiger partial charge in [-0.1, -0.05) is 13.0 Å². The number of hydrogen-bond donors (Lipinski definition) is 1. The van der Waals surface area contributed by atoms with Gasteiger partial charge in [0.2, 0.25) is 0 Å². The van der Waals surface area contributed by atoms with Gasteiger partial charge in [0.25, 0.3) is 0 Å². The molecular formula is C16H24N2O2. The lowest BCUT2D eigenvalue weighted by molar-refractivity contribution is 0.165. The van der Waals surface area contributed by atoms with Gasteiger partial charge in [-0.15, -0.1) is 0 Å². The molecule has 20 heavy (non-hydrogen) atoms. The Bertz CT molecular complexity index is 444. The third-order valence-corrected chi connectivity index (χ3v) is 4.22. The number of fused-ring (bicyclic) bond motifs is 1. The molecule has 1 N–H and O–H groups in total. The van der Waals surface area contributed by atoms with Crippen LogP contribution in [0.5, 0.6) is 11.5 Å². The molecule has 0 saturated carbocycles. The van der Waals surface area contributed by atoms with E-state index in [0.717, 1.165) is 44.1 Å². The summed E-state index contributed by atoms with van der Waals surface area (Å²) in [5.41, 5.74) is 1.35. The van der Waals surface area contributed by atoms with E-state index in [4.69, 9.17) is 9.47 Å². The number of ether oxygens (including phenoxy) is 2. The van der Waals surface area contributed by atoms with Crippen molar-refractivity contribution in [1.82, 2.24) is 10.2 Å². The lowest BCUT2D eigenvalue weighted by Crippen LogP contribution is -2.48. The maximum atomic E-state index is 5.68. The van der Waals surface area contributed by atoms with Crippen molar-refractivity contribution in [3.05, 3.63) is 23.8 Å². The summed E-state index contributed by atoms with van der Waals surface area (Å²) in [7, 11) is 0. The first-order chi connectivity index (χ1) is 9.86. The molecule has 1 unspecified atom stereocenters. The maximum absolute atomic E-state index is 5.68. The van der Waals surface area contributed by atoms with Gasteiger partial charge >= 0.3 is 0 Å². The second-order valence-corrected chi connectivity index (χ2v) is 5.53. The van der Waals surface area contributed by atoms with E-state index in [9.17, 15) is 0 Å². The third-order valence-electron chi connectivity index (χ3n) is 4.22. The maximum Gasteiger partial charge on any atom is 0.161 e. The predicted molar refractivity (Wildman–Crippen MR) is 79.7 cm³/mol. The second-order valence-electron chi connectivity index (χ2n) is 5.53. The fourth-order valence-corrected chi connectivity index (χ4v) is 3.07. The molecule has 2 aliphatic heterocycles. The second kappa shape index (κ2) is 6.46. The Labute approximate surface area is 121 Å². The number of nitrogens with one attached hydrogen (secondary N) is 1. The molecule has 3 rings (SSSR count). The van der Waals surface area contributed by atoms with Crippen molar-refractivity contribution in [2.75, 3.05) is 39.4 Å². The molecule has 2 heterocycles. The number of rotatable bonds is 4.